The molecule has 0 radical (unpaired) electrons. The van der Waals surface area contributed by atoms with E-state index >= 15 is 0 Å². The van der Waals surface area contributed by atoms with Crippen molar-refractivity contribution in [1.82, 2.24) is 19.7 Å². The van der Waals surface area contributed by atoms with E-state index in [4.69, 9.17) is 4.74 Å². The number of carbonyl (C=O) groups excluding carboxylic acids is 2. The minimum Gasteiger partial charge on any atom is -0.462 e. The summed E-state index contributed by atoms with van der Waals surface area (Å²) in [5.41, 5.74) is 3.93. The maximum absolute atomic E-state index is 12.8. The molecular weight excluding hydrogens is 552 g/mol. The maximum atomic E-state index is 12.8. The standard InChI is InChI=1S/C23H23BrN6O3S2/c1-4-33-22(32)18-13-7-8-29(2)10-16(13)35-21(18)25-17(31)11-34-23-26-20-19(27-28-23)14-9-12(24)5-6-15(14)30(20)3/h5-6,9H,4,7-8,10-11H2,1-3H3,(H,25,31)/p+1. The molecule has 1 amide bonds. The number of halogens is 1. The van der Waals surface area contributed by atoms with Gasteiger partial charge in [-0.3, -0.25) is 4.79 Å². The lowest BCUT2D eigenvalue weighted by molar-refractivity contribution is -0.895. The van der Waals surface area contributed by atoms with Crippen molar-refractivity contribution in [2.24, 2.45) is 7.05 Å². The number of ether oxygens (including phenoxy) is 1. The van der Waals surface area contributed by atoms with Crippen molar-refractivity contribution >= 4 is 78.0 Å². The maximum Gasteiger partial charge on any atom is 0.341 e. The lowest BCUT2D eigenvalue weighted by Gasteiger charge is -2.19. The third kappa shape index (κ3) is 4.67. The normalized spacial score (nSPS) is 15.4. The van der Waals surface area contributed by atoms with Gasteiger partial charge in [-0.05, 0) is 30.7 Å². The molecule has 35 heavy (non-hydrogen) atoms. The van der Waals surface area contributed by atoms with Gasteiger partial charge in [-0.1, -0.05) is 27.7 Å². The van der Waals surface area contributed by atoms with E-state index in [0.717, 1.165) is 45.3 Å². The quantitative estimate of drug-likeness (QED) is 0.269. The molecule has 0 saturated carbocycles. The van der Waals surface area contributed by atoms with E-state index in [1.807, 2.05) is 29.8 Å². The van der Waals surface area contributed by atoms with Crippen LogP contribution in [0.4, 0.5) is 5.00 Å². The number of nitrogens with zero attached hydrogens (tertiary/aromatic N) is 4. The molecule has 1 unspecified atom stereocenters. The number of benzene rings is 1. The summed E-state index contributed by atoms with van der Waals surface area (Å²) in [4.78, 5) is 32.7. The Bertz CT molecular complexity index is 1470. The topological polar surface area (TPSA) is 103 Å². The molecule has 0 spiro atoms. The molecule has 3 aromatic heterocycles. The summed E-state index contributed by atoms with van der Waals surface area (Å²) in [7, 11) is 4.06. The van der Waals surface area contributed by atoms with Crippen LogP contribution in [0.1, 0.15) is 27.7 Å². The van der Waals surface area contributed by atoms with E-state index in [1.165, 1.54) is 28.0 Å². The Morgan fingerprint density at radius 2 is 2.17 bits per heavy atom. The molecule has 1 aliphatic rings. The van der Waals surface area contributed by atoms with E-state index in [1.54, 1.807) is 6.92 Å². The first kappa shape index (κ1) is 24.2. The Labute approximate surface area is 218 Å². The molecule has 0 bridgehead atoms. The number of esters is 1. The molecule has 5 rings (SSSR count). The van der Waals surface area contributed by atoms with Crippen LogP contribution in [0.2, 0.25) is 0 Å². The van der Waals surface area contributed by atoms with Crippen LogP contribution in [-0.4, -0.2) is 57.6 Å². The van der Waals surface area contributed by atoms with Crippen molar-refractivity contribution in [2.45, 2.75) is 25.0 Å². The van der Waals surface area contributed by atoms with Crippen LogP contribution in [0.25, 0.3) is 22.1 Å². The molecule has 1 atom stereocenters. The average Bonchev–Trinajstić information content (AvgIpc) is 3.31. The number of quaternary nitrogens is 1. The number of rotatable bonds is 6. The number of likely N-dealkylation sites (N-methyl/N-ethyl adjacent to an activating group) is 1. The first-order chi connectivity index (χ1) is 16.9. The van der Waals surface area contributed by atoms with Gasteiger partial charge < -0.3 is 19.5 Å². The molecule has 182 valence electrons. The third-order valence-electron chi connectivity index (χ3n) is 5.96. The molecule has 12 heteroatoms. The predicted molar refractivity (Wildman–Crippen MR) is 140 cm³/mol. The molecule has 4 aromatic rings. The fourth-order valence-electron chi connectivity index (χ4n) is 4.30. The van der Waals surface area contributed by atoms with E-state index in [-0.39, 0.29) is 24.2 Å². The largest absolute Gasteiger partial charge is 0.462 e. The molecule has 0 fully saturated rings. The van der Waals surface area contributed by atoms with Gasteiger partial charge in [-0.15, -0.1) is 21.5 Å². The first-order valence-electron chi connectivity index (χ1n) is 11.2. The van der Waals surface area contributed by atoms with Crippen LogP contribution in [0, 0.1) is 0 Å². The van der Waals surface area contributed by atoms with Crippen molar-refractivity contribution in [2.75, 3.05) is 31.3 Å². The number of hydrogen-bond acceptors (Lipinski definition) is 8. The lowest BCUT2D eigenvalue weighted by atomic mass is 10.0. The summed E-state index contributed by atoms with van der Waals surface area (Å²) in [5, 5.41) is 13.5. The van der Waals surface area contributed by atoms with E-state index in [2.05, 4.69) is 43.5 Å². The van der Waals surface area contributed by atoms with E-state index in [9.17, 15) is 9.59 Å². The van der Waals surface area contributed by atoms with Gasteiger partial charge in [0.1, 0.15) is 17.1 Å². The number of aromatic nitrogens is 4. The zero-order chi connectivity index (χ0) is 24.7. The van der Waals surface area contributed by atoms with Gasteiger partial charge in [0, 0.05) is 23.3 Å². The SMILES string of the molecule is CCOC(=O)c1c(NC(=O)CSc2nnc3c4cc(Br)ccc4n(C)c3n2)sc2c1CC[NH+](C)C2. The molecule has 1 aliphatic heterocycles. The number of hydrogen-bond donors (Lipinski definition) is 2. The minimum absolute atomic E-state index is 0.0959. The summed E-state index contributed by atoms with van der Waals surface area (Å²) in [5.74, 6) is -0.518. The highest BCUT2D eigenvalue weighted by Crippen LogP contribution is 2.35. The van der Waals surface area contributed by atoms with Gasteiger partial charge in [-0.2, -0.15) is 0 Å². The summed E-state index contributed by atoms with van der Waals surface area (Å²) >= 11 is 6.17. The zero-order valence-corrected chi connectivity index (χ0v) is 22.7. The van der Waals surface area contributed by atoms with Crippen LogP contribution in [0.3, 0.4) is 0 Å². The highest BCUT2D eigenvalue weighted by molar-refractivity contribution is 9.10. The molecule has 2 N–H and O–H groups in total. The number of nitrogens with one attached hydrogen (secondary N) is 2. The summed E-state index contributed by atoms with van der Waals surface area (Å²) in [6, 6.07) is 5.97. The van der Waals surface area contributed by atoms with Crippen LogP contribution < -0.4 is 10.2 Å². The van der Waals surface area contributed by atoms with E-state index in [0.29, 0.717) is 26.9 Å². The Hall–Kier alpha value is -2.54. The monoisotopic (exact) mass is 575 g/mol. The minimum atomic E-state index is -0.382. The number of amides is 1. The molecule has 9 nitrogen and oxygen atoms in total. The van der Waals surface area contributed by atoms with Gasteiger partial charge in [0.15, 0.2) is 5.65 Å². The van der Waals surface area contributed by atoms with Crippen LogP contribution in [-0.2, 0) is 29.5 Å². The number of aryl methyl sites for hydroxylation is 1. The Morgan fingerprint density at radius 3 is 2.97 bits per heavy atom. The van der Waals surface area contributed by atoms with Gasteiger partial charge >= 0.3 is 5.97 Å². The fourth-order valence-corrected chi connectivity index (χ4v) is 6.61. The number of anilines is 1. The molecule has 0 saturated heterocycles. The van der Waals surface area contributed by atoms with Crippen molar-refractivity contribution < 1.29 is 19.2 Å². The fraction of sp³-hybridized carbons (Fsp3) is 0.348. The lowest BCUT2D eigenvalue weighted by Crippen LogP contribution is -3.08. The highest BCUT2D eigenvalue weighted by Gasteiger charge is 2.30. The smallest absolute Gasteiger partial charge is 0.341 e. The molecule has 4 heterocycles. The van der Waals surface area contributed by atoms with E-state index < -0.39 is 0 Å². The average molecular weight is 577 g/mol. The van der Waals surface area contributed by atoms with Crippen molar-refractivity contribution in [3.8, 4) is 0 Å². The van der Waals surface area contributed by atoms with Crippen LogP contribution in [0.5, 0.6) is 0 Å². The molecule has 1 aromatic carbocycles. The number of carbonyl (C=O) groups is 2. The van der Waals surface area contributed by atoms with Gasteiger partial charge in [0.05, 0.1) is 41.9 Å². The van der Waals surface area contributed by atoms with Crippen LogP contribution >= 0.6 is 39.0 Å². The second-order valence-electron chi connectivity index (χ2n) is 8.39. The van der Waals surface area contributed by atoms with Crippen molar-refractivity contribution in [3.05, 3.63) is 38.7 Å². The highest BCUT2D eigenvalue weighted by atomic mass is 79.9. The Morgan fingerprint density at radius 1 is 1.34 bits per heavy atom. The Kier molecular flexibility index (Phi) is 6.80. The van der Waals surface area contributed by atoms with Crippen LogP contribution in [0.15, 0.2) is 27.8 Å². The predicted octanol–water partition coefficient (Wildman–Crippen LogP) is 2.82. The Balaban J connectivity index is 1.34. The van der Waals surface area contributed by atoms with Crippen molar-refractivity contribution in [1.29, 1.82) is 0 Å². The second-order valence-corrected chi connectivity index (χ2v) is 11.3. The van der Waals surface area contributed by atoms with Gasteiger partial charge in [0.25, 0.3) is 0 Å². The summed E-state index contributed by atoms with van der Waals surface area (Å²) in [6.45, 7) is 3.84. The van der Waals surface area contributed by atoms with Crippen molar-refractivity contribution in [3.63, 3.8) is 0 Å². The number of fused-ring (bicyclic) bond motifs is 4. The third-order valence-corrected chi connectivity index (χ3v) is 8.44. The van der Waals surface area contributed by atoms with Gasteiger partial charge in [-0.25, -0.2) is 9.78 Å². The molecule has 0 aliphatic carbocycles. The summed E-state index contributed by atoms with van der Waals surface area (Å²) < 4.78 is 8.21. The first-order valence-corrected chi connectivity index (χ1v) is 13.8. The summed E-state index contributed by atoms with van der Waals surface area (Å²) in [6.07, 6.45) is 0.789. The number of thiophene rings is 1. The second kappa shape index (κ2) is 9.84. The zero-order valence-electron chi connectivity index (χ0n) is 19.5. The number of thioether (sulfide) groups is 1. The van der Waals surface area contributed by atoms with Gasteiger partial charge in [0.2, 0.25) is 11.1 Å². The molecular formula is C23H24BrN6O3S2+.